The molecule has 76 valence electrons. The fourth-order valence-corrected chi connectivity index (χ4v) is 1.62. The van der Waals surface area contributed by atoms with Gasteiger partial charge in [-0.05, 0) is 43.5 Å². The highest BCUT2D eigenvalue weighted by atomic mass is 35.5. The SMILES string of the molecule is CC(=O)C(Cl)Cc1ccc(Cl)cc1C. The number of aryl methyl sites for hydroxylation is 1. The molecule has 0 aliphatic carbocycles. The van der Waals surface area contributed by atoms with Gasteiger partial charge in [-0.3, -0.25) is 4.79 Å². The van der Waals surface area contributed by atoms with Gasteiger partial charge in [0.25, 0.3) is 0 Å². The highest BCUT2D eigenvalue weighted by Gasteiger charge is 2.12. The van der Waals surface area contributed by atoms with Crippen molar-refractivity contribution in [3.8, 4) is 0 Å². The summed E-state index contributed by atoms with van der Waals surface area (Å²) in [7, 11) is 0. The Labute approximate surface area is 94.0 Å². The number of carbonyl (C=O) groups is 1. The van der Waals surface area contributed by atoms with E-state index in [1.54, 1.807) is 0 Å². The standard InChI is InChI=1S/C11H12Cl2O/c1-7-5-10(12)4-3-9(7)6-11(13)8(2)14/h3-5,11H,6H2,1-2H3. The van der Waals surface area contributed by atoms with E-state index in [0.29, 0.717) is 11.4 Å². The van der Waals surface area contributed by atoms with Crippen LogP contribution >= 0.6 is 23.2 Å². The van der Waals surface area contributed by atoms with Gasteiger partial charge in [-0.15, -0.1) is 11.6 Å². The van der Waals surface area contributed by atoms with Crippen LogP contribution in [0.5, 0.6) is 0 Å². The van der Waals surface area contributed by atoms with Gasteiger partial charge < -0.3 is 0 Å². The number of carbonyl (C=O) groups excluding carboxylic acids is 1. The number of halogens is 2. The Morgan fingerprint density at radius 3 is 2.64 bits per heavy atom. The monoisotopic (exact) mass is 230 g/mol. The van der Waals surface area contributed by atoms with Crippen LogP contribution in [0.25, 0.3) is 0 Å². The molecule has 0 spiro atoms. The average Bonchev–Trinajstić information content (AvgIpc) is 2.09. The first-order valence-corrected chi connectivity index (χ1v) is 5.21. The zero-order valence-electron chi connectivity index (χ0n) is 8.18. The second kappa shape index (κ2) is 4.81. The van der Waals surface area contributed by atoms with Gasteiger partial charge in [0.05, 0.1) is 5.38 Å². The number of alkyl halides is 1. The normalized spacial score (nSPS) is 12.6. The predicted octanol–water partition coefficient (Wildman–Crippen LogP) is 3.39. The Morgan fingerprint density at radius 1 is 1.50 bits per heavy atom. The maximum Gasteiger partial charge on any atom is 0.147 e. The van der Waals surface area contributed by atoms with E-state index in [9.17, 15) is 4.79 Å². The zero-order valence-corrected chi connectivity index (χ0v) is 9.69. The van der Waals surface area contributed by atoms with E-state index in [2.05, 4.69) is 0 Å². The molecular weight excluding hydrogens is 219 g/mol. The molecule has 0 N–H and O–H groups in total. The van der Waals surface area contributed by atoms with Crippen LogP contribution in [0, 0.1) is 6.92 Å². The van der Waals surface area contributed by atoms with Crippen molar-refractivity contribution in [3.63, 3.8) is 0 Å². The summed E-state index contributed by atoms with van der Waals surface area (Å²) in [5.74, 6) is 0.000941. The fraction of sp³-hybridized carbons (Fsp3) is 0.364. The molecule has 1 nitrogen and oxygen atoms in total. The molecule has 1 aromatic rings. The smallest absolute Gasteiger partial charge is 0.147 e. The molecule has 1 rings (SSSR count). The van der Waals surface area contributed by atoms with E-state index in [4.69, 9.17) is 23.2 Å². The van der Waals surface area contributed by atoms with Crippen LogP contribution in [0.1, 0.15) is 18.1 Å². The molecular formula is C11H12Cl2O. The van der Waals surface area contributed by atoms with Gasteiger partial charge >= 0.3 is 0 Å². The molecule has 0 radical (unpaired) electrons. The Hall–Kier alpha value is -0.530. The fourth-order valence-electron chi connectivity index (χ4n) is 1.23. The van der Waals surface area contributed by atoms with Crippen LogP contribution < -0.4 is 0 Å². The topological polar surface area (TPSA) is 17.1 Å². The molecule has 0 bridgehead atoms. The Morgan fingerprint density at radius 2 is 2.14 bits per heavy atom. The van der Waals surface area contributed by atoms with E-state index in [-0.39, 0.29) is 5.78 Å². The highest BCUT2D eigenvalue weighted by Crippen LogP contribution is 2.18. The molecule has 0 aliphatic rings. The summed E-state index contributed by atoms with van der Waals surface area (Å²) in [5, 5.41) is 0.273. The lowest BCUT2D eigenvalue weighted by Crippen LogP contribution is -2.13. The first kappa shape index (κ1) is 11.5. The van der Waals surface area contributed by atoms with Crippen LogP contribution in [0.2, 0.25) is 5.02 Å². The van der Waals surface area contributed by atoms with Crippen LogP contribution in [-0.2, 0) is 11.2 Å². The molecule has 0 aliphatic heterocycles. The van der Waals surface area contributed by atoms with Gasteiger partial charge in [0.1, 0.15) is 5.78 Å². The predicted molar refractivity (Wildman–Crippen MR) is 60.2 cm³/mol. The van der Waals surface area contributed by atoms with Crippen molar-refractivity contribution >= 4 is 29.0 Å². The largest absolute Gasteiger partial charge is 0.298 e. The molecule has 0 saturated heterocycles. The molecule has 0 saturated carbocycles. The van der Waals surface area contributed by atoms with Crippen molar-refractivity contribution in [2.24, 2.45) is 0 Å². The lowest BCUT2D eigenvalue weighted by atomic mass is 10.0. The van der Waals surface area contributed by atoms with E-state index in [1.165, 1.54) is 6.92 Å². The van der Waals surface area contributed by atoms with Crippen LogP contribution in [0.15, 0.2) is 18.2 Å². The first-order chi connectivity index (χ1) is 6.50. The molecule has 1 unspecified atom stereocenters. The first-order valence-electron chi connectivity index (χ1n) is 4.40. The Bertz CT molecular complexity index is 347. The van der Waals surface area contributed by atoms with Crippen molar-refractivity contribution in [2.75, 3.05) is 0 Å². The lowest BCUT2D eigenvalue weighted by Gasteiger charge is -2.08. The van der Waals surface area contributed by atoms with Crippen molar-refractivity contribution in [3.05, 3.63) is 34.3 Å². The minimum absolute atomic E-state index is 0.000941. The number of hydrogen-bond donors (Lipinski definition) is 0. The van der Waals surface area contributed by atoms with E-state index >= 15 is 0 Å². The summed E-state index contributed by atoms with van der Waals surface area (Å²) < 4.78 is 0. The van der Waals surface area contributed by atoms with Gasteiger partial charge in [-0.2, -0.15) is 0 Å². The van der Waals surface area contributed by atoms with Gasteiger partial charge in [0.2, 0.25) is 0 Å². The summed E-state index contributed by atoms with van der Waals surface area (Å²) >= 11 is 11.7. The minimum Gasteiger partial charge on any atom is -0.298 e. The molecule has 1 atom stereocenters. The van der Waals surface area contributed by atoms with Crippen LogP contribution in [-0.4, -0.2) is 11.2 Å². The van der Waals surface area contributed by atoms with Crippen molar-refractivity contribution in [1.82, 2.24) is 0 Å². The molecule has 0 amide bonds. The van der Waals surface area contributed by atoms with E-state index < -0.39 is 5.38 Å². The minimum atomic E-state index is -0.435. The quantitative estimate of drug-likeness (QED) is 0.728. The van der Waals surface area contributed by atoms with Gasteiger partial charge in [0.15, 0.2) is 0 Å². The summed E-state index contributed by atoms with van der Waals surface area (Å²) in [5.41, 5.74) is 2.15. The third-order valence-corrected chi connectivity index (χ3v) is 2.84. The molecule has 0 heterocycles. The average molecular weight is 231 g/mol. The van der Waals surface area contributed by atoms with Crippen LogP contribution in [0.4, 0.5) is 0 Å². The molecule has 14 heavy (non-hydrogen) atoms. The van der Waals surface area contributed by atoms with E-state index in [1.807, 2.05) is 25.1 Å². The number of hydrogen-bond acceptors (Lipinski definition) is 1. The number of Topliss-reactive ketones (excluding diaryl/α,β-unsaturated/α-hetero) is 1. The maximum atomic E-state index is 11.0. The van der Waals surface area contributed by atoms with Gasteiger partial charge in [0, 0.05) is 5.02 Å². The molecule has 3 heteroatoms. The molecule has 0 fully saturated rings. The number of rotatable bonds is 3. The Kier molecular flexibility index (Phi) is 3.97. The van der Waals surface area contributed by atoms with Crippen molar-refractivity contribution in [2.45, 2.75) is 25.6 Å². The maximum absolute atomic E-state index is 11.0. The number of benzene rings is 1. The summed E-state index contributed by atoms with van der Waals surface area (Å²) in [4.78, 5) is 11.0. The third kappa shape index (κ3) is 3.00. The van der Waals surface area contributed by atoms with Crippen LogP contribution in [0.3, 0.4) is 0 Å². The lowest BCUT2D eigenvalue weighted by molar-refractivity contribution is -0.116. The van der Waals surface area contributed by atoms with Crippen molar-refractivity contribution < 1.29 is 4.79 Å². The molecule has 0 aromatic heterocycles. The Balaban J connectivity index is 2.82. The molecule has 1 aromatic carbocycles. The second-order valence-electron chi connectivity index (χ2n) is 3.35. The van der Waals surface area contributed by atoms with Gasteiger partial charge in [-0.1, -0.05) is 17.7 Å². The summed E-state index contributed by atoms with van der Waals surface area (Å²) in [6, 6.07) is 5.60. The second-order valence-corrected chi connectivity index (χ2v) is 4.32. The van der Waals surface area contributed by atoms with E-state index in [0.717, 1.165) is 11.1 Å². The summed E-state index contributed by atoms with van der Waals surface area (Å²) in [6.07, 6.45) is 0.569. The zero-order chi connectivity index (χ0) is 10.7. The third-order valence-electron chi connectivity index (χ3n) is 2.14. The number of ketones is 1. The van der Waals surface area contributed by atoms with Crippen molar-refractivity contribution in [1.29, 1.82) is 0 Å². The highest BCUT2D eigenvalue weighted by molar-refractivity contribution is 6.31. The summed E-state index contributed by atoms with van der Waals surface area (Å²) in [6.45, 7) is 3.47. The van der Waals surface area contributed by atoms with Gasteiger partial charge in [-0.25, -0.2) is 0 Å².